The standard InChI is InChI=1S/C22H24ClN5O2/c1-4-5-6-9-28-21(29)19-18(16-8-7-15(23)10-14(16)11-24)17(12-25)13(2)26-20(19)27(3)22(28)30/h7-8,10H,4-6,9,12,25H2,1-3H3. The van der Waals surface area contributed by atoms with Gasteiger partial charge < -0.3 is 5.73 Å². The third-order valence-electron chi connectivity index (χ3n) is 5.34. The summed E-state index contributed by atoms with van der Waals surface area (Å²) in [5.74, 6) is 0. The molecule has 0 aliphatic carbocycles. The highest BCUT2D eigenvalue weighted by Crippen LogP contribution is 2.34. The van der Waals surface area contributed by atoms with Crippen LogP contribution in [0, 0.1) is 18.3 Å². The Morgan fingerprint density at radius 1 is 1.27 bits per heavy atom. The molecule has 0 radical (unpaired) electrons. The van der Waals surface area contributed by atoms with Crippen molar-refractivity contribution in [2.24, 2.45) is 12.8 Å². The van der Waals surface area contributed by atoms with Crippen molar-refractivity contribution in [2.45, 2.75) is 46.2 Å². The number of hydrogen-bond acceptors (Lipinski definition) is 5. The van der Waals surface area contributed by atoms with E-state index in [9.17, 15) is 14.9 Å². The molecule has 0 spiro atoms. The molecular weight excluding hydrogens is 402 g/mol. The monoisotopic (exact) mass is 425 g/mol. The van der Waals surface area contributed by atoms with Gasteiger partial charge in [-0.1, -0.05) is 37.4 Å². The lowest BCUT2D eigenvalue weighted by atomic mass is 9.92. The van der Waals surface area contributed by atoms with E-state index in [1.807, 2.05) is 0 Å². The number of rotatable bonds is 6. The molecule has 0 aliphatic heterocycles. The molecule has 30 heavy (non-hydrogen) atoms. The molecule has 0 atom stereocenters. The summed E-state index contributed by atoms with van der Waals surface area (Å²) >= 11 is 6.08. The second-order valence-electron chi connectivity index (χ2n) is 7.26. The van der Waals surface area contributed by atoms with Crippen LogP contribution in [0.25, 0.3) is 22.2 Å². The number of benzene rings is 1. The largest absolute Gasteiger partial charge is 0.332 e. The first-order chi connectivity index (χ1) is 14.3. The molecule has 2 aromatic heterocycles. The molecule has 0 bridgehead atoms. The summed E-state index contributed by atoms with van der Waals surface area (Å²) in [7, 11) is 1.60. The fourth-order valence-corrected chi connectivity index (χ4v) is 3.93. The molecule has 1 aromatic carbocycles. The van der Waals surface area contributed by atoms with Crippen LogP contribution >= 0.6 is 11.6 Å². The predicted molar refractivity (Wildman–Crippen MR) is 119 cm³/mol. The fraction of sp³-hybridized carbons (Fsp3) is 0.364. The van der Waals surface area contributed by atoms with Gasteiger partial charge in [-0.05, 0) is 31.0 Å². The van der Waals surface area contributed by atoms with E-state index in [2.05, 4.69) is 18.0 Å². The Morgan fingerprint density at radius 3 is 2.63 bits per heavy atom. The highest BCUT2D eigenvalue weighted by Gasteiger charge is 2.22. The molecule has 0 amide bonds. The molecule has 0 fully saturated rings. The van der Waals surface area contributed by atoms with E-state index in [1.54, 1.807) is 32.2 Å². The number of aromatic nitrogens is 3. The van der Waals surface area contributed by atoms with Crippen LogP contribution in [-0.4, -0.2) is 14.1 Å². The molecule has 3 rings (SSSR count). The number of aryl methyl sites for hydroxylation is 2. The maximum atomic E-state index is 13.5. The zero-order valence-electron chi connectivity index (χ0n) is 17.3. The molecule has 0 aliphatic rings. The van der Waals surface area contributed by atoms with Gasteiger partial charge in [0.2, 0.25) is 0 Å². The SMILES string of the molecule is CCCCCn1c(=O)c2c(-c3ccc(Cl)cc3C#N)c(CN)c(C)nc2n(C)c1=O. The van der Waals surface area contributed by atoms with E-state index < -0.39 is 11.2 Å². The third-order valence-corrected chi connectivity index (χ3v) is 5.58. The first kappa shape index (κ1) is 21.8. The summed E-state index contributed by atoms with van der Waals surface area (Å²) in [5.41, 5.74) is 8.18. The number of hydrogen-bond donors (Lipinski definition) is 1. The number of pyridine rings is 1. The first-order valence-electron chi connectivity index (χ1n) is 9.88. The molecule has 2 N–H and O–H groups in total. The maximum Gasteiger partial charge on any atom is 0.332 e. The van der Waals surface area contributed by atoms with Crippen molar-refractivity contribution in [3.63, 3.8) is 0 Å². The fourth-order valence-electron chi connectivity index (χ4n) is 3.76. The van der Waals surface area contributed by atoms with Crippen LogP contribution in [0.5, 0.6) is 0 Å². The van der Waals surface area contributed by atoms with Crippen molar-refractivity contribution < 1.29 is 0 Å². The third kappa shape index (κ3) is 3.64. The average Bonchev–Trinajstić information content (AvgIpc) is 2.73. The highest BCUT2D eigenvalue weighted by molar-refractivity contribution is 6.30. The first-order valence-corrected chi connectivity index (χ1v) is 10.3. The molecule has 8 heteroatoms. The van der Waals surface area contributed by atoms with Crippen molar-refractivity contribution in [2.75, 3.05) is 0 Å². The Kier molecular flexibility index (Phi) is 6.40. The Hall–Kier alpha value is -2.95. The van der Waals surface area contributed by atoms with E-state index >= 15 is 0 Å². The molecule has 2 heterocycles. The molecule has 3 aromatic rings. The summed E-state index contributed by atoms with van der Waals surface area (Å²) in [6.07, 6.45) is 2.61. The van der Waals surface area contributed by atoms with Gasteiger partial charge in [0.1, 0.15) is 5.65 Å². The van der Waals surface area contributed by atoms with Crippen LogP contribution < -0.4 is 17.0 Å². The second kappa shape index (κ2) is 8.82. The lowest BCUT2D eigenvalue weighted by Crippen LogP contribution is -2.40. The quantitative estimate of drug-likeness (QED) is 0.610. The van der Waals surface area contributed by atoms with Gasteiger partial charge >= 0.3 is 5.69 Å². The van der Waals surface area contributed by atoms with Gasteiger partial charge in [-0.15, -0.1) is 0 Å². The van der Waals surface area contributed by atoms with Crippen LogP contribution in [0.2, 0.25) is 5.02 Å². The van der Waals surface area contributed by atoms with Crippen molar-refractivity contribution in [3.05, 3.63) is 60.9 Å². The molecule has 0 saturated carbocycles. The van der Waals surface area contributed by atoms with Gasteiger partial charge in [-0.25, -0.2) is 9.78 Å². The van der Waals surface area contributed by atoms with Gasteiger partial charge in [0.15, 0.2) is 0 Å². The van der Waals surface area contributed by atoms with E-state index in [4.69, 9.17) is 17.3 Å². The lowest BCUT2D eigenvalue weighted by Gasteiger charge is -2.18. The van der Waals surface area contributed by atoms with Crippen molar-refractivity contribution in [1.82, 2.24) is 14.1 Å². The summed E-state index contributed by atoms with van der Waals surface area (Å²) in [4.78, 5) is 30.9. The molecule has 156 valence electrons. The minimum atomic E-state index is -0.416. The Balaban J connectivity index is 2.51. The van der Waals surface area contributed by atoms with Gasteiger partial charge in [0.25, 0.3) is 5.56 Å². The minimum Gasteiger partial charge on any atom is -0.326 e. The number of nitrogens with two attached hydrogens (primary N) is 1. The van der Waals surface area contributed by atoms with Crippen LogP contribution in [0.4, 0.5) is 0 Å². The van der Waals surface area contributed by atoms with Crippen molar-refractivity contribution >= 4 is 22.6 Å². The summed E-state index contributed by atoms with van der Waals surface area (Å²) in [5, 5.41) is 10.4. The zero-order valence-corrected chi connectivity index (χ0v) is 18.1. The molecule has 0 saturated heterocycles. The zero-order chi connectivity index (χ0) is 22.0. The van der Waals surface area contributed by atoms with Crippen LogP contribution in [0.15, 0.2) is 27.8 Å². The van der Waals surface area contributed by atoms with E-state index in [-0.39, 0.29) is 12.2 Å². The predicted octanol–water partition coefficient (Wildman–Crippen LogP) is 3.24. The Morgan fingerprint density at radius 2 is 2.00 bits per heavy atom. The number of fused-ring (bicyclic) bond motifs is 1. The topological polar surface area (TPSA) is 107 Å². The smallest absolute Gasteiger partial charge is 0.326 e. The number of nitrogens with zero attached hydrogens (tertiary/aromatic N) is 4. The summed E-state index contributed by atoms with van der Waals surface area (Å²) < 4.78 is 2.64. The second-order valence-corrected chi connectivity index (χ2v) is 7.70. The molecular formula is C22H24ClN5O2. The minimum absolute atomic E-state index is 0.135. The van der Waals surface area contributed by atoms with Crippen LogP contribution in [0.1, 0.15) is 43.0 Å². The average molecular weight is 426 g/mol. The van der Waals surface area contributed by atoms with Gasteiger partial charge in [0.05, 0.1) is 17.0 Å². The van der Waals surface area contributed by atoms with Crippen molar-refractivity contribution in [1.29, 1.82) is 5.26 Å². The van der Waals surface area contributed by atoms with Gasteiger partial charge in [-0.2, -0.15) is 5.26 Å². The van der Waals surface area contributed by atoms with Gasteiger partial charge in [-0.3, -0.25) is 13.9 Å². The lowest BCUT2D eigenvalue weighted by molar-refractivity contribution is 0.550. The molecule has 7 nitrogen and oxygen atoms in total. The highest BCUT2D eigenvalue weighted by atomic mass is 35.5. The molecule has 0 unspecified atom stereocenters. The van der Waals surface area contributed by atoms with Gasteiger partial charge in [0, 0.05) is 42.0 Å². The Bertz CT molecular complexity index is 1280. The number of halogens is 1. The van der Waals surface area contributed by atoms with Crippen molar-refractivity contribution in [3.8, 4) is 17.2 Å². The normalized spacial score (nSPS) is 11.1. The van der Waals surface area contributed by atoms with E-state index in [0.717, 1.165) is 19.3 Å². The maximum absolute atomic E-state index is 13.5. The van der Waals surface area contributed by atoms with Crippen LogP contribution in [0.3, 0.4) is 0 Å². The van der Waals surface area contributed by atoms with E-state index in [0.29, 0.717) is 44.9 Å². The van der Waals surface area contributed by atoms with Crippen LogP contribution in [-0.2, 0) is 20.1 Å². The number of nitriles is 1. The Labute approximate surface area is 179 Å². The van der Waals surface area contributed by atoms with E-state index in [1.165, 1.54) is 9.13 Å². The summed E-state index contributed by atoms with van der Waals surface area (Å²) in [6, 6.07) is 7.08. The summed E-state index contributed by atoms with van der Waals surface area (Å²) in [6.45, 7) is 4.30. The number of unbranched alkanes of at least 4 members (excludes halogenated alkanes) is 2.